The van der Waals surface area contributed by atoms with Gasteiger partial charge in [-0.1, -0.05) is 35.5 Å². The Morgan fingerprint density at radius 2 is 1.93 bits per heavy atom. The van der Waals surface area contributed by atoms with Gasteiger partial charge in [-0.15, -0.1) is 0 Å². The van der Waals surface area contributed by atoms with Crippen LogP contribution in [0.2, 0.25) is 5.02 Å². The molecule has 0 saturated carbocycles. The molecule has 0 radical (unpaired) electrons. The maximum atomic E-state index is 12.8. The van der Waals surface area contributed by atoms with Crippen molar-refractivity contribution >= 4 is 46.7 Å². The fourth-order valence-corrected chi connectivity index (χ4v) is 4.25. The highest BCUT2D eigenvalue weighted by molar-refractivity contribution is 8.04. The number of hydrogen-bond acceptors (Lipinski definition) is 7. The zero-order chi connectivity index (χ0) is 21.8. The number of amides is 3. The highest BCUT2D eigenvalue weighted by Crippen LogP contribution is 2.46. The average molecular weight is 444 g/mol. The number of thioether (sulfide) groups is 1. The quantitative estimate of drug-likeness (QED) is 0.483. The third kappa shape index (κ3) is 4.53. The molecule has 30 heavy (non-hydrogen) atoms. The number of nitrogens with one attached hydrogen (secondary N) is 2. The predicted molar refractivity (Wildman–Crippen MR) is 113 cm³/mol. The third-order valence-corrected chi connectivity index (χ3v) is 5.76. The van der Waals surface area contributed by atoms with Crippen molar-refractivity contribution < 1.29 is 14.5 Å². The molecule has 3 amide bonds. The first-order chi connectivity index (χ1) is 14.3. The molecule has 0 aromatic heterocycles. The first kappa shape index (κ1) is 21.2. The zero-order valence-electron chi connectivity index (χ0n) is 15.2. The lowest BCUT2D eigenvalue weighted by molar-refractivity contribution is -0.384. The van der Waals surface area contributed by atoms with E-state index in [-0.39, 0.29) is 16.3 Å². The monoisotopic (exact) mass is 443 g/mol. The van der Waals surface area contributed by atoms with Gasteiger partial charge >= 0.3 is 6.03 Å². The van der Waals surface area contributed by atoms with Crippen molar-refractivity contribution in [2.45, 2.75) is 11.2 Å². The summed E-state index contributed by atoms with van der Waals surface area (Å²) in [6, 6.07) is 13.1. The van der Waals surface area contributed by atoms with E-state index in [0.717, 1.165) is 11.8 Å². The van der Waals surface area contributed by atoms with E-state index >= 15 is 0 Å². The number of imide groups is 1. The van der Waals surface area contributed by atoms with Crippen molar-refractivity contribution in [1.29, 1.82) is 5.26 Å². The number of rotatable bonds is 4. The Bertz CT molecular complexity index is 1100. The molecule has 0 spiro atoms. The maximum absolute atomic E-state index is 12.8. The molecular weight excluding hydrogens is 430 g/mol. The summed E-state index contributed by atoms with van der Waals surface area (Å²) in [6.45, 7) is 0. The number of non-ortho nitro benzene ring substituents is 1. The van der Waals surface area contributed by atoms with Gasteiger partial charge in [0, 0.05) is 28.8 Å². The Morgan fingerprint density at radius 3 is 2.57 bits per heavy atom. The lowest BCUT2D eigenvalue weighted by atomic mass is 9.88. The summed E-state index contributed by atoms with van der Waals surface area (Å²) in [4.78, 5) is 35.5. The number of allylic oxidation sites excluding steroid dienone is 1. The molecule has 2 aromatic carbocycles. The average Bonchev–Trinajstić information content (AvgIpc) is 3.06. The molecule has 0 bridgehead atoms. The summed E-state index contributed by atoms with van der Waals surface area (Å²) in [5.74, 6) is -1.51. The summed E-state index contributed by atoms with van der Waals surface area (Å²) < 4.78 is 0. The Kier molecular flexibility index (Phi) is 6.25. The number of carbonyl (C=O) groups excluding carboxylic acids is 2. The Labute approximate surface area is 180 Å². The van der Waals surface area contributed by atoms with Gasteiger partial charge in [0.05, 0.1) is 21.6 Å². The number of halogens is 1. The number of nitro benzene ring substituents is 1. The second kappa shape index (κ2) is 8.86. The normalized spacial score (nSPS) is 17.9. The van der Waals surface area contributed by atoms with Gasteiger partial charge < -0.3 is 11.1 Å². The summed E-state index contributed by atoms with van der Waals surface area (Å²) in [5.41, 5.74) is 6.65. The second-order valence-electron chi connectivity index (χ2n) is 6.21. The summed E-state index contributed by atoms with van der Waals surface area (Å²) >= 11 is 6.72. The van der Waals surface area contributed by atoms with Crippen LogP contribution in [-0.2, 0) is 4.79 Å². The number of carbonyl (C=O) groups is 2. The van der Waals surface area contributed by atoms with Gasteiger partial charge in [-0.25, -0.2) is 4.79 Å². The first-order valence-corrected chi connectivity index (χ1v) is 9.74. The van der Waals surface area contributed by atoms with Crippen molar-refractivity contribution in [3.8, 4) is 6.07 Å². The molecule has 2 aromatic rings. The molecule has 1 aliphatic heterocycles. The highest BCUT2D eigenvalue weighted by Gasteiger charge is 2.41. The van der Waals surface area contributed by atoms with Gasteiger partial charge in [0.15, 0.2) is 0 Å². The van der Waals surface area contributed by atoms with Crippen molar-refractivity contribution in [1.82, 2.24) is 5.32 Å². The molecule has 11 heteroatoms. The largest absolute Gasteiger partial charge is 0.393 e. The third-order valence-electron chi connectivity index (χ3n) is 4.29. The summed E-state index contributed by atoms with van der Waals surface area (Å²) in [6.07, 6.45) is 0. The minimum absolute atomic E-state index is 0.124. The molecule has 0 fully saturated rings. The first-order valence-electron chi connectivity index (χ1n) is 8.48. The highest BCUT2D eigenvalue weighted by atomic mass is 35.5. The van der Waals surface area contributed by atoms with E-state index < -0.39 is 28.0 Å². The van der Waals surface area contributed by atoms with E-state index in [1.165, 1.54) is 18.2 Å². The van der Waals surface area contributed by atoms with Gasteiger partial charge in [0.25, 0.3) is 5.69 Å². The van der Waals surface area contributed by atoms with Gasteiger partial charge in [0.2, 0.25) is 5.91 Å². The molecule has 0 aliphatic carbocycles. The summed E-state index contributed by atoms with van der Waals surface area (Å²) in [5, 5.41) is 25.0. The molecule has 3 rings (SSSR count). The lowest BCUT2D eigenvalue weighted by Crippen LogP contribution is -2.41. The van der Waals surface area contributed by atoms with Gasteiger partial charge in [0.1, 0.15) is 5.25 Å². The zero-order valence-corrected chi connectivity index (χ0v) is 16.7. The Morgan fingerprint density at radius 1 is 1.23 bits per heavy atom. The van der Waals surface area contributed by atoms with Crippen LogP contribution in [-0.4, -0.2) is 22.1 Å². The second-order valence-corrected chi connectivity index (χ2v) is 7.83. The van der Waals surface area contributed by atoms with Crippen molar-refractivity contribution in [3.63, 3.8) is 0 Å². The SMILES string of the molecule is N#CC1=C(N)S[C@@H](C(=O)NC(=O)Nc2ccc(Cl)cc2)[C@@H]1c1cccc([N+](=O)[O-])c1. The van der Waals surface area contributed by atoms with Crippen LogP contribution in [0.25, 0.3) is 0 Å². The van der Waals surface area contributed by atoms with Crippen LogP contribution < -0.4 is 16.4 Å². The lowest BCUT2D eigenvalue weighted by Gasteiger charge is -2.19. The number of hydrogen-bond donors (Lipinski definition) is 3. The molecule has 1 heterocycles. The smallest absolute Gasteiger partial charge is 0.325 e. The van der Waals surface area contributed by atoms with Crippen LogP contribution in [0.4, 0.5) is 16.2 Å². The molecule has 1 aliphatic rings. The number of anilines is 1. The number of nitro groups is 1. The van der Waals surface area contributed by atoms with Gasteiger partial charge in [-0.2, -0.15) is 5.26 Å². The number of benzene rings is 2. The topological polar surface area (TPSA) is 151 Å². The number of nitrogens with two attached hydrogens (primary N) is 1. The maximum Gasteiger partial charge on any atom is 0.325 e. The molecule has 0 saturated heterocycles. The van der Waals surface area contributed by atoms with Crippen molar-refractivity contribution in [2.24, 2.45) is 5.73 Å². The van der Waals surface area contributed by atoms with Crippen LogP contribution in [0.5, 0.6) is 0 Å². The fourth-order valence-electron chi connectivity index (χ4n) is 2.95. The van der Waals surface area contributed by atoms with Crippen LogP contribution in [0.1, 0.15) is 11.5 Å². The molecule has 9 nitrogen and oxygen atoms in total. The molecule has 152 valence electrons. The molecule has 4 N–H and O–H groups in total. The fraction of sp³-hybridized carbons (Fsp3) is 0.105. The van der Waals surface area contributed by atoms with E-state index in [0.29, 0.717) is 16.3 Å². The van der Waals surface area contributed by atoms with Crippen LogP contribution in [0.3, 0.4) is 0 Å². The Balaban J connectivity index is 1.81. The summed E-state index contributed by atoms with van der Waals surface area (Å²) in [7, 11) is 0. The minimum atomic E-state index is -0.947. The van der Waals surface area contributed by atoms with Crippen LogP contribution >= 0.6 is 23.4 Å². The van der Waals surface area contributed by atoms with Gasteiger partial charge in [-0.05, 0) is 29.8 Å². The number of nitriles is 1. The molecular formula is C19H14ClN5O4S. The van der Waals surface area contributed by atoms with E-state index in [1.807, 2.05) is 6.07 Å². The standard InChI is InChI=1S/C19H14ClN5O4S/c20-11-4-6-12(7-5-11)23-19(27)24-18(26)16-15(14(9-21)17(22)30-16)10-2-1-3-13(8-10)25(28)29/h1-8,15-16H,22H2,(H2,23,24,26,27)/t15-,16-/m1/s1. The van der Waals surface area contributed by atoms with Crippen molar-refractivity contribution in [3.05, 3.63) is 79.8 Å². The minimum Gasteiger partial charge on any atom is -0.393 e. The Hall–Kier alpha value is -3.55. The predicted octanol–water partition coefficient (Wildman–Crippen LogP) is 3.49. The van der Waals surface area contributed by atoms with E-state index in [4.69, 9.17) is 17.3 Å². The number of nitrogens with zero attached hydrogens (tertiary/aromatic N) is 2. The van der Waals surface area contributed by atoms with E-state index in [1.54, 1.807) is 30.3 Å². The van der Waals surface area contributed by atoms with Crippen LogP contribution in [0.15, 0.2) is 59.1 Å². The number of urea groups is 1. The molecule has 2 atom stereocenters. The van der Waals surface area contributed by atoms with E-state index in [9.17, 15) is 25.0 Å². The van der Waals surface area contributed by atoms with E-state index in [2.05, 4.69) is 10.6 Å². The van der Waals surface area contributed by atoms with Crippen molar-refractivity contribution in [2.75, 3.05) is 5.32 Å². The van der Waals surface area contributed by atoms with Crippen LogP contribution in [0, 0.1) is 21.4 Å². The van der Waals surface area contributed by atoms with Gasteiger partial charge in [-0.3, -0.25) is 20.2 Å². The molecule has 0 unspecified atom stereocenters.